The highest BCUT2D eigenvalue weighted by molar-refractivity contribution is 6.32. The third-order valence-electron chi connectivity index (χ3n) is 2.31. The number of nitrogens with zero attached hydrogens (tertiary/aromatic N) is 2. The lowest BCUT2D eigenvalue weighted by atomic mass is 10.0. The highest BCUT2D eigenvalue weighted by atomic mass is 16.7. The quantitative estimate of drug-likeness (QED) is 0.378. The molecule has 0 radical (unpaired) electrons. The maximum absolute atomic E-state index is 9.73. The van der Waals surface area contributed by atoms with E-state index in [1.165, 1.54) is 6.21 Å². The van der Waals surface area contributed by atoms with Crippen LogP contribution in [0, 0.1) is 0 Å². The zero-order chi connectivity index (χ0) is 11.3. The van der Waals surface area contributed by atoms with Gasteiger partial charge in [-0.15, -0.1) is 0 Å². The molecule has 2 unspecified atom stereocenters. The molecule has 86 valence electrons. The number of rotatable bonds is 3. The summed E-state index contributed by atoms with van der Waals surface area (Å²) in [5, 5.41) is 13.3. The van der Waals surface area contributed by atoms with E-state index in [1.807, 2.05) is 0 Å². The Morgan fingerprint density at radius 2 is 2.33 bits per heavy atom. The Balaban J connectivity index is 2.72. The van der Waals surface area contributed by atoms with Crippen LogP contribution in [0.15, 0.2) is 10.1 Å². The summed E-state index contributed by atoms with van der Waals surface area (Å²) in [6.45, 7) is 0. The van der Waals surface area contributed by atoms with Crippen molar-refractivity contribution < 1.29 is 14.6 Å². The minimum Gasteiger partial charge on any atom is -0.390 e. The SMILES string of the molecule is CN=C/C(=N\N)[C@H]1OC(OC)CCC1O. The van der Waals surface area contributed by atoms with E-state index in [4.69, 9.17) is 15.3 Å². The molecule has 15 heavy (non-hydrogen) atoms. The fraction of sp³-hybridized carbons (Fsp3) is 0.778. The van der Waals surface area contributed by atoms with E-state index in [0.717, 1.165) is 0 Å². The van der Waals surface area contributed by atoms with E-state index in [2.05, 4.69) is 10.1 Å². The Labute approximate surface area is 88.8 Å². The first-order chi connectivity index (χ1) is 7.22. The van der Waals surface area contributed by atoms with E-state index in [-0.39, 0.29) is 6.29 Å². The third kappa shape index (κ3) is 2.98. The summed E-state index contributed by atoms with van der Waals surface area (Å²) >= 11 is 0. The molecule has 1 aliphatic heterocycles. The first-order valence-corrected chi connectivity index (χ1v) is 4.79. The minimum atomic E-state index is -0.614. The van der Waals surface area contributed by atoms with Gasteiger partial charge in [-0.2, -0.15) is 5.10 Å². The maximum Gasteiger partial charge on any atom is 0.158 e. The molecule has 0 aromatic rings. The van der Waals surface area contributed by atoms with Crippen LogP contribution in [-0.4, -0.2) is 49.7 Å². The third-order valence-corrected chi connectivity index (χ3v) is 2.31. The van der Waals surface area contributed by atoms with Crippen molar-refractivity contribution in [1.29, 1.82) is 0 Å². The van der Waals surface area contributed by atoms with Crippen molar-refractivity contribution in [3.8, 4) is 0 Å². The smallest absolute Gasteiger partial charge is 0.158 e. The number of hydrazone groups is 1. The molecule has 0 aromatic heterocycles. The van der Waals surface area contributed by atoms with Crippen LogP contribution in [0.5, 0.6) is 0 Å². The van der Waals surface area contributed by atoms with Crippen molar-refractivity contribution in [1.82, 2.24) is 0 Å². The van der Waals surface area contributed by atoms with Crippen molar-refractivity contribution in [2.75, 3.05) is 14.2 Å². The van der Waals surface area contributed by atoms with Crippen LogP contribution in [0.4, 0.5) is 0 Å². The number of aliphatic hydroxyl groups excluding tert-OH is 1. The van der Waals surface area contributed by atoms with Crippen LogP contribution >= 0.6 is 0 Å². The van der Waals surface area contributed by atoms with Gasteiger partial charge in [0, 0.05) is 26.8 Å². The molecule has 0 aromatic carbocycles. The van der Waals surface area contributed by atoms with Crippen LogP contribution in [-0.2, 0) is 9.47 Å². The second kappa shape index (κ2) is 5.79. The summed E-state index contributed by atoms with van der Waals surface area (Å²) in [5.41, 5.74) is 0.423. The molecule has 6 heteroatoms. The summed E-state index contributed by atoms with van der Waals surface area (Å²) in [6.07, 6.45) is 1.25. The minimum absolute atomic E-state index is 0.319. The number of aliphatic imine (C=N–C) groups is 1. The Morgan fingerprint density at radius 3 is 2.87 bits per heavy atom. The van der Waals surface area contributed by atoms with Crippen molar-refractivity contribution in [3.05, 3.63) is 0 Å². The lowest BCUT2D eigenvalue weighted by Crippen LogP contribution is -2.45. The van der Waals surface area contributed by atoms with Gasteiger partial charge in [-0.3, -0.25) is 4.99 Å². The van der Waals surface area contributed by atoms with E-state index in [1.54, 1.807) is 14.2 Å². The molecule has 0 spiro atoms. The van der Waals surface area contributed by atoms with Crippen molar-refractivity contribution in [2.45, 2.75) is 31.3 Å². The molecule has 0 bridgehead atoms. The number of aliphatic hydroxyl groups is 1. The number of hydrogen-bond acceptors (Lipinski definition) is 6. The summed E-state index contributed by atoms with van der Waals surface area (Å²) in [4.78, 5) is 3.80. The topological polar surface area (TPSA) is 89.4 Å². The van der Waals surface area contributed by atoms with Gasteiger partial charge in [-0.1, -0.05) is 0 Å². The van der Waals surface area contributed by atoms with Gasteiger partial charge in [0.15, 0.2) is 6.29 Å². The van der Waals surface area contributed by atoms with E-state index < -0.39 is 12.2 Å². The highest BCUT2D eigenvalue weighted by Crippen LogP contribution is 2.20. The molecule has 3 N–H and O–H groups in total. The zero-order valence-corrected chi connectivity index (χ0v) is 8.96. The Bertz CT molecular complexity index is 255. The monoisotopic (exact) mass is 215 g/mol. The molecule has 1 rings (SSSR count). The van der Waals surface area contributed by atoms with Crippen molar-refractivity contribution >= 4 is 11.9 Å². The van der Waals surface area contributed by atoms with Gasteiger partial charge in [0.25, 0.3) is 0 Å². The Morgan fingerprint density at radius 1 is 1.60 bits per heavy atom. The van der Waals surface area contributed by atoms with E-state index in [0.29, 0.717) is 18.6 Å². The standard InChI is InChI=1S/C9H17N3O3/c1-11-5-6(12-10)9-7(13)3-4-8(14-2)15-9/h5,7-9,13H,3-4,10H2,1-2H3/b11-5?,12-6+/t7?,8?,9-/m1/s1. The van der Waals surface area contributed by atoms with E-state index >= 15 is 0 Å². The van der Waals surface area contributed by atoms with Crippen LogP contribution in [0.1, 0.15) is 12.8 Å². The summed E-state index contributed by atoms with van der Waals surface area (Å²) in [6, 6.07) is 0. The normalized spacial score (nSPS) is 33.5. The van der Waals surface area contributed by atoms with Gasteiger partial charge in [0.2, 0.25) is 0 Å². The number of nitrogens with two attached hydrogens (primary N) is 1. The van der Waals surface area contributed by atoms with Crippen LogP contribution in [0.25, 0.3) is 0 Å². The Kier molecular flexibility index (Phi) is 4.67. The Hall–Kier alpha value is -0.980. The van der Waals surface area contributed by atoms with Crippen LogP contribution in [0.2, 0.25) is 0 Å². The largest absolute Gasteiger partial charge is 0.390 e. The highest BCUT2D eigenvalue weighted by Gasteiger charge is 2.32. The van der Waals surface area contributed by atoms with Crippen molar-refractivity contribution in [2.24, 2.45) is 15.9 Å². The molecule has 0 aliphatic carbocycles. The molecular formula is C9H17N3O3. The molecule has 3 atom stereocenters. The summed E-state index contributed by atoms with van der Waals surface area (Å²) in [7, 11) is 3.17. The van der Waals surface area contributed by atoms with Gasteiger partial charge < -0.3 is 20.4 Å². The second-order valence-corrected chi connectivity index (χ2v) is 3.31. The fourth-order valence-corrected chi connectivity index (χ4v) is 1.53. The van der Waals surface area contributed by atoms with Crippen LogP contribution < -0.4 is 5.84 Å². The average molecular weight is 215 g/mol. The predicted molar refractivity (Wildman–Crippen MR) is 56.9 cm³/mol. The first kappa shape index (κ1) is 12.1. The zero-order valence-electron chi connectivity index (χ0n) is 8.96. The van der Waals surface area contributed by atoms with Gasteiger partial charge in [-0.25, -0.2) is 0 Å². The molecule has 1 aliphatic rings. The van der Waals surface area contributed by atoms with Gasteiger partial charge in [0.1, 0.15) is 11.8 Å². The first-order valence-electron chi connectivity index (χ1n) is 4.79. The molecule has 1 saturated heterocycles. The number of ether oxygens (including phenoxy) is 2. The molecule has 6 nitrogen and oxygen atoms in total. The molecule has 1 fully saturated rings. The van der Waals surface area contributed by atoms with Gasteiger partial charge in [0.05, 0.1) is 6.10 Å². The van der Waals surface area contributed by atoms with E-state index in [9.17, 15) is 5.11 Å². The second-order valence-electron chi connectivity index (χ2n) is 3.31. The molecule has 0 amide bonds. The van der Waals surface area contributed by atoms with Gasteiger partial charge in [-0.05, 0) is 6.42 Å². The molecule has 1 heterocycles. The summed E-state index contributed by atoms with van der Waals surface area (Å²) in [5.74, 6) is 5.20. The van der Waals surface area contributed by atoms with Gasteiger partial charge >= 0.3 is 0 Å². The lowest BCUT2D eigenvalue weighted by molar-refractivity contribution is -0.191. The van der Waals surface area contributed by atoms with Crippen LogP contribution in [0.3, 0.4) is 0 Å². The molecular weight excluding hydrogens is 198 g/mol. The van der Waals surface area contributed by atoms with Crippen molar-refractivity contribution in [3.63, 3.8) is 0 Å². The predicted octanol–water partition coefficient (Wildman–Crippen LogP) is -0.486. The number of hydrogen-bond donors (Lipinski definition) is 2. The lowest BCUT2D eigenvalue weighted by Gasteiger charge is -2.32. The summed E-state index contributed by atoms with van der Waals surface area (Å²) < 4.78 is 10.5. The molecule has 0 saturated carbocycles. The maximum atomic E-state index is 9.73. The number of methoxy groups -OCH3 is 1. The average Bonchev–Trinajstić information content (AvgIpc) is 2.27. The fourth-order valence-electron chi connectivity index (χ4n) is 1.53.